The fraction of sp³-hybridized carbons (Fsp3) is 0.111. The molecule has 0 aliphatic heterocycles. The van der Waals surface area contributed by atoms with Gasteiger partial charge in [-0.25, -0.2) is 4.79 Å². The number of carbonyl (C=O) groups excluding carboxylic acids is 4. The number of carbonyl (C=O) groups is 4. The first-order valence-corrected chi connectivity index (χ1v) is 19.4. The number of ether oxygens (including phenoxy) is 3. The lowest BCUT2D eigenvalue weighted by molar-refractivity contribution is -0.116. The van der Waals surface area contributed by atoms with E-state index in [1.54, 1.807) is 66.7 Å². The van der Waals surface area contributed by atoms with Crippen molar-refractivity contribution in [3.05, 3.63) is 166 Å². The minimum Gasteiger partial charge on any atom is -0.497 e. The first kappa shape index (κ1) is 40.0. The molecule has 0 saturated heterocycles. The molecule has 0 aliphatic carbocycles. The van der Waals surface area contributed by atoms with Crippen LogP contribution in [-0.2, 0) is 14.3 Å². The highest BCUT2D eigenvalue weighted by atomic mass is 32.2. The Kier molecular flexibility index (Phi) is 13.2. The molecule has 10 nitrogen and oxygen atoms in total. The van der Waals surface area contributed by atoms with Gasteiger partial charge in [-0.1, -0.05) is 84.4 Å². The summed E-state index contributed by atoms with van der Waals surface area (Å²) in [5, 5.41) is 10.1. The van der Waals surface area contributed by atoms with E-state index in [0.717, 1.165) is 16.7 Å². The zero-order valence-electron chi connectivity index (χ0n) is 31.5. The standard InChI is InChI=1S/C45H39N3O7S2/c1-28-18-20-29(21-19-28)36-27-56-44(39(36)45(52)55-4)48-43(51)40(30-12-7-5-8-13-30)57-35-17-11-16-33(26-35)46-42(50)37(47-41(49)31-14-9-6-10-15-31)25-32-24-34(53-2)22-23-38(32)54-3/h5-27,40H,1-4H3,(H,46,50)(H,47,49)(H,48,51)/b37-25+. The van der Waals surface area contributed by atoms with Crippen molar-refractivity contribution in [2.24, 2.45) is 0 Å². The number of anilines is 2. The Bertz CT molecular complexity index is 2410. The largest absolute Gasteiger partial charge is 0.497 e. The van der Waals surface area contributed by atoms with Gasteiger partial charge in [-0.15, -0.1) is 23.1 Å². The molecule has 57 heavy (non-hydrogen) atoms. The molecule has 1 heterocycles. The molecule has 1 atom stereocenters. The molecule has 0 bridgehead atoms. The van der Waals surface area contributed by atoms with Gasteiger partial charge in [0.1, 0.15) is 33.0 Å². The average molecular weight is 798 g/mol. The van der Waals surface area contributed by atoms with E-state index in [1.165, 1.54) is 50.5 Å². The maximum Gasteiger partial charge on any atom is 0.341 e. The van der Waals surface area contributed by atoms with Crippen LogP contribution in [0.4, 0.5) is 10.7 Å². The van der Waals surface area contributed by atoms with Gasteiger partial charge in [0.15, 0.2) is 0 Å². The minimum atomic E-state index is -0.756. The van der Waals surface area contributed by atoms with Crippen LogP contribution >= 0.6 is 23.1 Å². The predicted octanol–water partition coefficient (Wildman–Crippen LogP) is 9.41. The van der Waals surface area contributed by atoms with Gasteiger partial charge in [0, 0.05) is 32.7 Å². The van der Waals surface area contributed by atoms with Crippen molar-refractivity contribution >= 4 is 63.6 Å². The second kappa shape index (κ2) is 18.8. The Morgan fingerprint density at radius 3 is 2.16 bits per heavy atom. The maximum atomic E-state index is 14.2. The van der Waals surface area contributed by atoms with Gasteiger partial charge in [-0.2, -0.15) is 0 Å². The highest BCUT2D eigenvalue weighted by molar-refractivity contribution is 8.00. The normalized spacial score (nSPS) is 11.5. The summed E-state index contributed by atoms with van der Waals surface area (Å²) in [5.41, 5.74) is 4.81. The SMILES string of the molecule is COC(=O)c1c(-c2ccc(C)cc2)csc1NC(=O)C(Sc1cccc(NC(=O)/C(=C\c2cc(OC)ccc2OC)NC(=O)c2ccccc2)c1)c1ccccc1. The summed E-state index contributed by atoms with van der Waals surface area (Å²) in [7, 11) is 4.35. The zero-order valence-corrected chi connectivity index (χ0v) is 33.2. The van der Waals surface area contributed by atoms with Crippen molar-refractivity contribution in [2.75, 3.05) is 32.0 Å². The van der Waals surface area contributed by atoms with Gasteiger partial charge in [0.25, 0.3) is 11.8 Å². The molecule has 3 amide bonds. The molecule has 12 heteroatoms. The van der Waals surface area contributed by atoms with Crippen LogP contribution in [-0.4, -0.2) is 45.0 Å². The molecule has 0 radical (unpaired) electrons. The van der Waals surface area contributed by atoms with Crippen LogP contribution in [0.5, 0.6) is 11.5 Å². The lowest BCUT2D eigenvalue weighted by atomic mass is 10.0. The van der Waals surface area contributed by atoms with Crippen LogP contribution < -0.4 is 25.4 Å². The topological polar surface area (TPSA) is 132 Å². The molecule has 6 rings (SSSR count). The van der Waals surface area contributed by atoms with Crippen molar-refractivity contribution in [1.29, 1.82) is 0 Å². The summed E-state index contributed by atoms with van der Waals surface area (Å²) >= 11 is 2.52. The number of hydrogen-bond acceptors (Lipinski definition) is 9. The number of hydrogen-bond donors (Lipinski definition) is 3. The number of benzene rings is 5. The minimum absolute atomic E-state index is 0.0441. The van der Waals surface area contributed by atoms with Crippen molar-refractivity contribution < 1.29 is 33.4 Å². The fourth-order valence-electron chi connectivity index (χ4n) is 5.81. The van der Waals surface area contributed by atoms with Gasteiger partial charge in [-0.05, 0) is 72.7 Å². The Hall–Kier alpha value is -6.63. The van der Waals surface area contributed by atoms with Crippen molar-refractivity contribution in [3.63, 3.8) is 0 Å². The quantitative estimate of drug-likeness (QED) is 0.0565. The number of esters is 1. The Morgan fingerprint density at radius 1 is 0.754 bits per heavy atom. The van der Waals surface area contributed by atoms with Gasteiger partial charge < -0.3 is 30.2 Å². The smallest absolute Gasteiger partial charge is 0.341 e. The molecule has 0 spiro atoms. The van der Waals surface area contributed by atoms with Crippen LogP contribution in [0.1, 0.15) is 42.7 Å². The van der Waals surface area contributed by atoms with E-state index in [9.17, 15) is 19.2 Å². The van der Waals surface area contributed by atoms with Crippen LogP contribution in [0.25, 0.3) is 17.2 Å². The first-order chi connectivity index (χ1) is 27.7. The van der Waals surface area contributed by atoms with E-state index in [4.69, 9.17) is 14.2 Å². The summed E-state index contributed by atoms with van der Waals surface area (Å²) < 4.78 is 16.1. The maximum absolute atomic E-state index is 14.2. The fourth-order valence-corrected chi connectivity index (χ4v) is 7.85. The average Bonchev–Trinajstić information content (AvgIpc) is 3.66. The number of aryl methyl sites for hydroxylation is 1. The molecule has 1 unspecified atom stereocenters. The molecule has 0 aliphatic rings. The molecule has 5 aromatic carbocycles. The molecule has 1 aromatic heterocycles. The summed E-state index contributed by atoms with van der Waals surface area (Å²) in [6.07, 6.45) is 1.52. The van der Waals surface area contributed by atoms with Crippen molar-refractivity contribution in [3.8, 4) is 22.6 Å². The van der Waals surface area contributed by atoms with E-state index < -0.39 is 23.0 Å². The lowest BCUT2D eigenvalue weighted by Gasteiger charge is -2.18. The predicted molar refractivity (Wildman–Crippen MR) is 226 cm³/mol. The van der Waals surface area contributed by atoms with E-state index in [0.29, 0.717) is 43.8 Å². The van der Waals surface area contributed by atoms with Gasteiger partial charge in [-0.3, -0.25) is 14.4 Å². The number of nitrogens with one attached hydrogen (secondary N) is 3. The Morgan fingerprint density at radius 2 is 1.47 bits per heavy atom. The van der Waals surface area contributed by atoms with Crippen molar-refractivity contribution in [2.45, 2.75) is 17.1 Å². The zero-order chi connectivity index (χ0) is 40.3. The highest BCUT2D eigenvalue weighted by Gasteiger charge is 2.27. The lowest BCUT2D eigenvalue weighted by Crippen LogP contribution is -2.30. The van der Waals surface area contributed by atoms with E-state index in [2.05, 4.69) is 16.0 Å². The molecule has 6 aromatic rings. The number of amides is 3. The molecular weight excluding hydrogens is 759 g/mol. The monoisotopic (exact) mass is 797 g/mol. The van der Waals surface area contributed by atoms with Crippen molar-refractivity contribution in [1.82, 2.24) is 5.32 Å². The third-order valence-corrected chi connectivity index (χ3v) is 10.9. The summed E-state index contributed by atoms with van der Waals surface area (Å²) in [4.78, 5) is 55.2. The van der Waals surface area contributed by atoms with Crippen LogP contribution in [0.15, 0.2) is 143 Å². The molecule has 288 valence electrons. The van der Waals surface area contributed by atoms with Crippen LogP contribution in [0.3, 0.4) is 0 Å². The Balaban J connectivity index is 1.28. The molecular formula is C45H39N3O7S2. The highest BCUT2D eigenvalue weighted by Crippen LogP contribution is 2.40. The molecule has 0 saturated carbocycles. The Labute approximate surface area is 338 Å². The summed E-state index contributed by atoms with van der Waals surface area (Å²) in [6, 6.07) is 37.8. The molecule has 0 fully saturated rings. The van der Waals surface area contributed by atoms with E-state index >= 15 is 0 Å². The first-order valence-electron chi connectivity index (χ1n) is 17.7. The third-order valence-electron chi connectivity index (χ3n) is 8.73. The number of thiophene rings is 1. The van der Waals surface area contributed by atoms with Gasteiger partial charge >= 0.3 is 5.97 Å². The number of methoxy groups -OCH3 is 3. The summed E-state index contributed by atoms with van der Waals surface area (Å²) in [5.74, 6) is -0.999. The molecule has 3 N–H and O–H groups in total. The second-order valence-corrected chi connectivity index (χ2v) is 14.6. The van der Waals surface area contributed by atoms with E-state index in [-0.39, 0.29) is 17.2 Å². The second-order valence-electron chi connectivity index (χ2n) is 12.6. The third kappa shape index (κ3) is 9.98. The summed E-state index contributed by atoms with van der Waals surface area (Å²) in [6.45, 7) is 1.98. The number of rotatable bonds is 14. The van der Waals surface area contributed by atoms with Gasteiger partial charge in [0.2, 0.25) is 5.91 Å². The van der Waals surface area contributed by atoms with E-state index in [1.807, 2.05) is 73.0 Å². The van der Waals surface area contributed by atoms with Crippen LogP contribution in [0.2, 0.25) is 0 Å². The van der Waals surface area contributed by atoms with Gasteiger partial charge in [0.05, 0.1) is 21.3 Å². The number of thioether (sulfide) groups is 1. The van der Waals surface area contributed by atoms with Crippen LogP contribution in [0, 0.1) is 6.92 Å².